The first-order valence-corrected chi connectivity index (χ1v) is 5.90. The van der Waals surface area contributed by atoms with Crippen LogP contribution < -0.4 is 10.5 Å². The average Bonchev–Trinajstić information content (AvgIpc) is 2.25. The van der Waals surface area contributed by atoms with Crippen LogP contribution in [0.5, 0.6) is 5.75 Å². The molecule has 1 saturated carbocycles. The molecule has 0 aromatic heterocycles. The molecule has 0 aliphatic heterocycles. The van der Waals surface area contributed by atoms with Gasteiger partial charge in [0.1, 0.15) is 0 Å². The summed E-state index contributed by atoms with van der Waals surface area (Å²) in [5, 5.41) is 10.0. The van der Waals surface area contributed by atoms with E-state index in [9.17, 15) is 9.50 Å². The third-order valence-electron chi connectivity index (χ3n) is 3.56. The normalized spacial score (nSPS) is 18.4. The summed E-state index contributed by atoms with van der Waals surface area (Å²) in [5.74, 6) is 0.00973. The van der Waals surface area contributed by atoms with Crippen molar-refractivity contribution < 1.29 is 14.2 Å². The highest BCUT2D eigenvalue weighted by Crippen LogP contribution is 2.34. The molecule has 1 aromatic rings. The van der Waals surface area contributed by atoms with Gasteiger partial charge in [-0.15, -0.1) is 12.4 Å². The summed E-state index contributed by atoms with van der Waals surface area (Å²) in [6.07, 6.45) is 2.57. The standard InChI is InChI=1S/C13H18FNO2.ClH/c1-17-11-6-5-9(7-10(11)14)12(15)13(16)8-3-2-4-8;/h5-8,12-13,16H,2-4,15H2,1H3;1H/t12-,13+;/m0./s1. The van der Waals surface area contributed by atoms with Crippen LogP contribution in [0.2, 0.25) is 0 Å². The Balaban J connectivity index is 0.00000162. The summed E-state index contributed by atoms with van der Waals surface area (Å²) >= 11 is 0. The molecule has 1 aromatic carbocycles. The number of aliphatic hydroxyl groups excluding tert-OH is 1. The number of nitrogens with two attached hydrogens (primary N) is 1. The Morgan fingerprint density at radius 2 is 2.11 bits per heavy atom. The van der Waals surface area contributed by atoms with Crippen LogP contribution in [0.25, 0.3) is 0 Å². The predicted molar refractivity (Wildman–Crippen MR) is 70.5 cm³/mol. The van der Waals surface area contributed by atoms with E-state index in [0.717, 1.165) is 19.3 Å². The summed E-state index contributed by atoms with van der Waals surface area (Å²) < 4.78 is 18.4. The van der Waals surface area contributed by atoms with Crippen LogP contribution >= 0.6 is 12.4 Å². The van der Waals surface area contributed by atoms with Gasteiger partial charge < -0.3 is 15.6 Å². The molecule has 0 amide bonds. The molecule has 0 radical (unpaired) electrons. The molecule has 102 valence electrons. The molecule has 0 heterocycles. The Bertz CT molecular complexity index is 399. The quantitative estimate of drug-likeness (QED) is 0.887. The van der Waals surface area contributed by atoms with Gasteiger partial charge in [-0.2, -0.15) is 0 Å². The zero-order chi connectivity index (χ0) is 12.4. The van der Waals surface area contributed by atoms with Crippen molar-refractivity contribution in [3.05, 3.63) is 29.6 Å². The SMILES string of the molecule is COc1ccc([C@H](N)[C@H](O)C2CCC2)cc1F.Cl. The second-order valence-corrected chi connectivity index (χ2v) is 4.60. The summed E-state index contributed by atoms with van der Waals surface area (Å²) in [5.41, 5.74) is 6.57. The van der Waals surface area contributed by atoms with Crippen LogP contribution in [0.1, 0.15) is 30.9 Å². The average molecular weight is 276 g/mol. The number of hydrogen-bond acceptors (Lipinski definition) is 3. The molecule has 18 heavy (non-hydrogen) atoms. The van der Waals surface area contributed by atoms with E-state index in [4.69, 9.17) is 10.5 Å². The van der Waals surface area contributed by atoms with E-state index < -0.39 is 18.0 Å². The molecule has 1 aliphatic rings. The van der Waals surface area contributed by atoms with Crippen molar-refractivity contribution in [2.75, 3.05) is 7.11 Å². The highest BCUT2D eigenvalue weighted by Gasteiger charge is 2.30. The smallest absolute Gasteiger partial charge is 0.165 e. The van der Waals surface area contributed by atoms with E-state index in [-0.39, 0.29) is 24.1 Å². The number of rotatable bonds is 4. The molecule has 0 spiro atoms. The summed E-state index contributed by atoms with van der Waals surface area (Å²) in [6.45, 7) is 0. The summed E-state index contributed by atoms with van der Waals surface area (Å²) in [7, 11) is 1.42. The highest BCUT2D eigenvalue weighted by atomic mass is 35.5. The summed E-state index contributed by atoms with van der Waals surface area (Å²) in [4.78, 5) is 0. The van der Waals surface area contributed by atoms with E-state index in [1.807, 2.05) is 0 Å². The number of benzene rings is 1. The lowest BCUT2D eigenvalue weighted by molar-refractivity contribution is 0.0413. The van der Waals surface area contributed by atoms with E-state index in [0.29, 0.717) is 5.56 Å². The fourth-order valence-corrected chi connectivity index (χ4v) is 2.16. The minimum atomic E-state index is -0.587. The number of ether oxygens (including phenoxy) is 1. The van der Waals surface area contributed by atoms with Gasteiger partial charge in [-0.3, -0.25) is 0 Å². The van der Waals surface area contributed by atoms with E-state index in [1.54, 1.807) is 6.07 Å². The van der Waals surface area contributed by atoms with Crippen LogP contribution in [-0.2, 0) is 0 Å². The van der Waals surface area contributed by atoms with Gasteiger partial charge in [-0.25, -0.2) is 4.39 Å². The van der Waals surface area contributed by atoms with E-state index >= 15 is 0 Å². The van der Waals surface area contributed by atoms with Crippen LogP contribution in [-0.4, -0.2) is 18.3 Å². The molecule has 1 aliphatic carbocycles. The minimum absolute atomic E-state index is 0. The number of methoxy groups -OCH3 is 1. The van der Waals surface area contributed by atoms with Crippen molar-refractivity contribution in [1.82, 2.24) is 0 Å². The molecule has 5 heteroatoms. The van der Waals surface area contributed by atoms with Crippen molar-refractivity contribution in [2.24, 2.45) is 11.7 Å². The summed E-state index contributed by atoms with van der Waals surface area (Å²) in [6, 6.07) is 4.05. The lowest BCUT2D eigenvalue weighted by atomic mass is 9.77. The second-order valence-electron chi connectivity index (χ2n) is 4.60. The van der Waals surface area contributed by atoms with Crippen LogP contribution in [0.4, 0.5) is 4.39 Å². The van der Waals surface area contributed by atoms with Crippen molar-refractivity contribution in [3.63, 3.8) is 0 Å². The fraction of sp³-hybridized carbons (Fsp3) is 0.538. The number of aliphatic hydroxyl groups is 1. The second kappa shape index (κ2) is 6.36. The van der Waals surface area contributed by atoms with Gasteiger partial charge in [-0.1, -0.05) is 12.5 Å². The first-order valence-electron chi connectivity index (χ1n) is 5.90. The molecule has 0 saturated heterocycles. The van der Waals surface area contributed by atoms with Crippen molar-refractivity contribution in [2.45, 2.75) is 31.4 Å². The molecular weight excluding hydrogens is 257 g/mol. The fourth-order valence-electron chi connectivity index (χ4n) is 2.16. The lowest BCUT2D eigenvalue weighted by Gasteiger charge is -2.33. The van der Waals surface area contributed by atoms with Gasteiger partial charge in [-0.05, 0) is 36.5 Å². The maximum Gasteiger partial charge on any atom is 0.165 e. The Morgan fingerprint density at radius 3 is 2.56 bits per heavy atom. The maximum atomic E-state index is 13.5. The van der Waals surface area contributed by atoms with Gasteiger partial charge >= 0.3 is 0 Å². The molecular formula is C13H19ClFNO2. The number of hydrogen-bond donors (Lipinski definition) is 2. The molecule has 2 atom stereocenters. The highest BCUT2D eigenvalue weighted by molar-refractivity contribution is 5.85. The Kier molecular flexibility index (Phi) is 5.38. The third kappa shape index (κ3) is 2.94. The molecule has 1 fully saturated rings. The monoisotopic (exact) mass is 275 g/mol. The first-order chi connectivity index (χ1) is 8.13. The topological polar surface area (TPSA) is 55.5 Å². The van der Waals surface area contributed by atoms with Crippen LogP contribution in [0.3, 0.4) is 0 Å². The van der Waals surface area contributed by atoms with Crippen LogP contribution in [0, 0.1) is 11.7 Å². The van der Waals surface area contributed by atoms with Gasteiger partial charge in [0.05, 0.1) is 19.3 Å². The Morgan fingerprint density at radius 1 is 1.44 bits per heavy atom. The molecule has 3 N–H and O–H groups in total. The molecule has 3 nitrogen and oxygen atoms in total. The van der Waals surface area contributed by atoms with Crippen LogP contribution in [0.15, 0.2) is 18.2 Å². The van der Waals surface area contributed by atoms with Gasteiger partial charge in [0.2, 0.25) is 0 Å². The largest absolute Gasteiger partial charge is 0.494 e. The van der Waals surface area contributed by atoms with Crippen molar-refractivity contribution in [3.8, 4) is 5.75 Å². The zero-order valence-corrected chi connectivity index (χ0v) is 11.1. The molecule has 0 unspecified atom stereocenters. The molecule has 0 bridgehead atoms. The van der Waals surface area contributed by atoms with Crippen molar-refractivity contribution in [1.29, 1.82) is 0 Å². The third-order valence-corrected chi connectivity index (χ3v) is 3.56. The van der Waals surface area contributed by atoms with E-state index in [2.05, 4.69) is 0 Å². The van der Waals surface area contributed by atoms with Gasteiger partial charge in [0.15, 0.2) is 11.6 Å². The van der Waals surface area contributed by atoms with E-state index in [1.165, 1.54) is 19.2 Å². The first kappa shape index (κ1) is 15.2. The maximum absolute atomic E-state index is 13.5. The number of halogens is 2. The van der Waals surface area contributed by atoms with Gasteiger partial charge in [0, 0.05) is 0 Å². The predicted octanol–water partition coefficient (Wildman–Crippen LogP) is 2.42. The molecule has 2 rings (SSSR count). The lowest BCUT2D eigenvalue weighted by Crippen LogP contribution is -2.36. The Labute approximate surface area is 113 Å². The minimum Gasteiger partial charge on any atom is -0.494 e. The van der Waals surface area contributed by atoms with Crippen molar-refractivity contribution >= 4 is 12.4 Å². The zero-order valence-electron chi connectivity index (χ0n) is 10.3. The Hall–Kier alpha value is -0.840. The van der Waals surface area contributed by atoms with Gasteiger partial charge in [0.25, 0.3) is 0 Å².